The van der Waals surface area contributed by atoms with Gasteiger partial charge in [-0.05, 0) is 13.0 Å². The van der Waals surface area contributed by atoms with Crippen molar-refractivity contribution in [2.45, 2.75) is 46.5 Å². The van der Waals surface area contributed by atoms with Crippen LogP contribution in [0.4, 0.5) is 0 Å². The summed E-state index contributed by atoms with van der Waals surface area (Å²) in [5.74, 6) is 0. The number of hydrogen-bond acceptors (Lipinski definition) is 2. The van der Waals surface area contributed by atoms with Gasteiger partial charge in [0.15, 0.2) is 0 Å². The lowest BCUT2D eigenvalue weighted by Crippen LogP contribution is -1.85. The van der Waals surface area contributed by atoms with Crippen molar-refractivity contribution in [2.75, 3.05) is 0 Å². The van der Waals surface area contributed by atoms with E-state index in [1.165, 1.54) is 25.7 Å². The Kier molecular flexibility index (Phi) is 6.23. The van der Waals surface area contributed by atoms with Crippen molar-refractivity contribution in [1.29, 1.82) is 0 Å². The molecule has 0 amide bonds. The summed E-state index contributed by atoms with van der Waals surface area (Å²) in [6.07, 6.45) is 7.13. The number of fused-ring (bicyclic) bond motifs is 1. The smallest absolute Gasteiger partial charge is 0.116 e. The van der Waals surface area contributed by atoms with Gasteiger partial charge in [-0.1, -0.05) is 57.7 Å². The van der Waals surface area contributed by atoms with E-state index in [0.717, 1.165) is 16.6 Å². The summed E-state index contributed by atoms with van der Waals surface area (Å²) in [4.78, 5) is 8.23. The third-order valence-corrected chi connectivity index (χ3v) is 2.70. The molecule has 0 N–H and O–H groups in total. The molecule has 0 fully saturated rings. The lowest BCUT2D eigenvalue weighted by Gasteiger charge is -1.96. The quantitative estimate of drug-likeness (QED) is 0.724. The number of unbranched alkanes of at least 4 members (excludes halogenated alkanes) is 3. The fourth-order valence-electron chi connectivity index (χ4n) is 1.64. The van der Waals surface area contributed by atoms with E-state index in [1.54, 1.807) is 6.33 Å². The first-order valence-corrected chi connectivity index (χ1v) is 6.46. The molecule has 0 atom stereocenters. The Bertz CT molecular complexity index is 428. The molecule has 2 aromatic rings. The van der Waals surface area contributed by atoms with Crippen LogP contribution in [0.1, 0.15) is 45.2 Å². The minimum absolute atomic E-state index is 1.01. The van der Waals surface area contributed by atoms with E-state index in [4.69, 9.17) is 0 Å². The van der Waals surface area contributed by atoms with E-state index in [0.29, 0.717) is 0 Å². The predicted octanol–water partition coefficient (Wildman–Crippen LogP) is 4.52. The lowest BCUT2D eigenvalue weighted by atomic mass is 10.2. The Balaban J connectivity index is 0.000000209. The molecule has 0 aliphatic carbocycles. The summed E-state index contributed by atoms with van der Waals surface area (Å²) in [6.45, 7) is 6.45. The van der Waals surface area contributed by atoms with Gasteiger partial charge in [0.1, 0.15) is 6.33 Å². The maximum Gasteiger partial charge on any atom is 0.116 e. The number of para-hydroxylation sites is 1. The molecular weight excluding hydrogens is 208 g/mol. The van der Waals surface area contributed by atoms with Crippen LogP contribution in [0, 0.1) is 6.92 Å². The van der Waals surface area contributed by atoms with Crippen LogP contribution >= 0.6 is 0 Å². The fourth-order valence-corrected chi connectivity index (χ4v) is 1.64. The van der Waals surface area contributed by atoms with Gasteiger partial charge in [0.2, 0.25) is 0 Å². The highest BCUT2D eigenvalue weighted by Gasteiger charge is 1.94. The van der Waals surface area contributed by atoms with Crippen molar-refractivity contribution in [2.24, 2.45) is 0 Å². The second-order valence-corrected chi connectivity index (χ2v) is 4.18. The minimum atomic E-state index is 1.01. The van der Waals surface area contributed by atoms with Gasteiger partial charge in [-0.2, -0.15) is 0 Å². The van der Waals surface area contributed by atoms with Crippen molar-refractivity contribution in [3.8, 4) is 0 Å². The van der Waals surface area contributed by atoms with Gasteiger partial charge in [0.05, 0.1) is 5.52 Å². The van der Waals surface area contributed by atoms with E-state index in [-0.39, 0.29) is 0 Å². The first kappa shape index (κ1) is 13.6. The molecule has 0 spiro atoms. The van der Waals surface area contributed by atoms with Crippen LogP contribution in [-0.2, 0) is 0 Å². The topological polar surface area (TPSA) is 25.8 Å². The molecule has 2 rings (SSSR count). The van der Waals surface area contributed by atoms with Crippen LogP contribution in [0.15, 0.2) is 30.6 Å². The van der Waals surface area contributed by atoms with E-state index < -0.39 is 0 Å². The monoisotopic (exact) mass is 230 g/mol. The molecule has 0 aliphatic rings. The van der Waals surface area contributed by atoms with Crippen LogP contribution < -0.4 is 0 Å². The molecular formula is C15H22N2. The molecule has 0 saturated heterocycles. The fraction of sp³-hybridized carbons (Fsp3) is 0.467. The molecule has 2 heteroatoms. The summed E-state index contributed by atoms with van der Waals surface area (Å²) in [5, 5.41) is 1.13. The molecule has 17 heavy (non-hydrogen) atoms. The number of hydrogen-bond donors (Lipinski definition) is 0. The summed E-state index contributed by atoms with van der Waals surface area (Å²) in [6, 6.07) is 8.00. The van der Waals surface area contributed by atoms with Gasteiger partial charge in [-0.15, -0.1) is 0 Å². The molecule has 0 unspecified atom stereocenters. The molecule has 92 valence electrons. The lowest BCUT2D eigenvalue weighted by molar-refractivity contribution is 0.702. The van der Waals surface area contributed by atoms with E-state index in [2.05, 4.69) is 23.8 Å². The Hall–Kier alpha value is -1.44. The molecule has 0 aliphatic heterocycles. The summed E-state index contributed by atoms with van der Waals surface area (Å²) < 4.78 is 0. The van der Waals surface area contributed by atoms with E-state index >= 15 is 0 Å². The number of aryl methyl sites for hydroxylation is 1. The van der Waals surface area contributed by atoms with Crippen LogP contribution in [0.5, 0.6) is 0 Å². The van der Waals surface area contributed by atoms with Gasteiger partial charge in [-0.3, -0.25) is 0 Å². The molecule has 1 aromatic heterocycles. The summed E-state index contributed by atoms with van der Waals surface area (Å²) in [7, 11) is 0. The van der Waals surface area contributed by atoms with Crippen LogP contribution in [-0.4, -0.2) is 9.97 Å². The van der Waals surface area contributed by atoms with Gasteiger partial charge in [-0.25, -0.2) is 9.97 Å². The third kappa shape index (κ3) is 4.51. The molecule has 0 bridgehead atoms. The number of nitrogens with zero attached hydrogens (tertiary/aromatic N) is 2. The van der Waals surface area contributed by atoms with Crippen LogP contribution in [0.3, 0.4) is 0 Å². The Morgan fingerprint density at radius 2 is 1.59 bits per heavy atom. The first-order valence-electron chi connectivity index (χ1n) is 6.46. The zero-order valence-electron chi connectivity index (χ0n) is 11.1. The standard InChI is InChI=1S/C9H8N2.C6H14/c1-7-8-4-2-3-5-9(8)11-6-10-7;1-3-5-6-4-2/h2-6H,1H3;3-6H2,1-2H3. The predicted molar refractivity (Wildman–Crippen MR) is 74.1 cm³/mol. The maximum atomic E-state index is 4.13. The largest absolute Gasteiger partial charge is 0.241 e. The van der Waals surface area contributed by atoms with Gasteiger partial charge in [0, 0.05) is 11.1 Å². The Labute approximate surface area is 104 Å². The van der Waals surface area contributed by atoms with Crippen molar-refractivity contribution in [1.82, 2.24) is 9.97 Å². The van der Waals surface area contributed by atoms with Crippen molar-refractivity contribution < 1.29 is 0 Å². The van der Waals surface area contributed by atoms with Crippen LogP contribution in [0.25, 0.3) is 10.9 Å². The SMILES string of the molecule is CCCCCC.Cc1ncnc2ccccc12. The highest BCUT2D eigenvalue weighted by molar-refractivity contribution is 5.80. The van der Waals surface area contributed by atoms with Gasteiger partial charge in [0.25, 0.3) is 0 Å². The number of rotatable bonds is 3. The summed E-state index contributed by atoms with van der Waals surface area (Å²) >= 11 is 0. The highest BCUT2D eigenvalue weighted by Crippen LogP contribution is 2.11. The van der Waals surface area contributed by atoms with Crippen molar-refractivity contribution >= 4 is 10.9 Å². The zero-order chi connectivity index (χ0) is 12.5. The maximum absolute atomic E-state index is 4.13. The van der Waals surface area contributed by atoms with E-state index in [9.17, 15) is 0 Å². The van der Waals surface area contributed by atoms with E-state index in [1.807, 2.05) is 31.2 Å². The summed E-state index contributed by atoms with van der Waals surface area (Å²) in [5.41, 5.74) is 2.05. The van der Waals surface area contributed by atoms with Crippen molar-refractivity contribution in [3.63, 3.8) is 0 Å². The molecule has 1 heterocycles. The van der Waals surface area contributed by atoms with Gasteiger partial charge < -0.3 is 0 Å². The molecule has 2 nitrogen and oxygen atoms in total. The zero-order valence-corrected chi connectivity index (χ0v) is 11.1. The molecule has 0 radical (unpaired) electrons. The Morgan fingerprint density at radius 3 is 2.18 bits per heavy atom. The second-order valence-electron chi connectivity index (χ2n) is 4.18. The molecule has 0 saturated carbocycles. The third-order valence-electron chi connectivity index (χ3n) is 2.70. The van der Waals surface area contributed by atoms with Crippen LogP contribution in [0.2, 0.25) is 0 Å². The Morgan fingerprint density at radius 1 is 0.941 bits per heavy atom. The minimum Gasteiger partial charge on any atom is -0.241 e. The second kappa shape index (κ2) is 7.77. The first-order chi connectivity index (χ1) is 8.29. The van der Waals surface area contributed by atoms with Crippen molar-refractivity contribution in [3.05, 3.63) is 36.3 Å². The average Bonchev–Trinajstić information content (AvgIpc) is 2.38. The highest BCUT2D eigenvalue weighted by atomic mass is 14.8. The normalized spacial score (nSPS) is 9.82. The molecule has 1 aromatic carbocycles. The van der Waals surface area contributed by atoms with Gasteiger partial charge >= 0.3 is 0 Å². The average molecular weight is 230 g/mol. The number of benzene rings is 1. The number of aromatic nitrogens is 2.